The summed E-state index contributed by atoms with van der Waals surface area (Å²) in [6, 6.07) is 4.22. The van der Waals surface area contributed by atoms with Gasteiger partial charge in [0.2, 0.25) is 0 Å². The van der Waals surface area contributed by atoms with Crippen LogP contribution in [0, 0.1) is 0 Å². The number of unbranched alkanes of at least 4 members (excludes halogenated alkanes) is 5. The molecule has 144 valence electrons. The van der Waals surface area contributed by atoms with E-state index in [4.69, 9.17) is 26.8 Å². The monoisotopic (exact) mass is 520 g/mol. The summed E-state index contributed by atoms with van der Waals surface area (Å²) in [5.74, 6) is 0. The number of rotatable bonds is 7. The summed E-state index contributed by atoms with van der Waals surface area (Å²) < 4.78 is 0.894. The normalized spacial score (nSPS) is 14.5. The summed E-state index contributed by atoms with van der Waals surface area (Å²) in [6.07, 6.45) is 16.0. The van der Waals surface area contributed by atoms with Crippen molar-refractivity contribution < 1.29 is 0 Å². The van der Waals surface area contributed by atoms with Gasteiger partial charge in [0.25, 0.3) is 0 Å². The summed E-state index contributed by atoms with van der Waals surface area (Å²) in [4.78, 5) is 0. The molecule has 2 aliphatic rings. The van der Waals surface area contributed by atoms with Crippen molar-refractivity contribution in [1.82, 2.24) is 0 Å². The Morgan fingerprint density at radius 1 is 0.808 bits per heavy atom. The molecule has 2 aliphatic heterocycles. The number of nitrogens with zero attached hydrogens (tertiary/aromatic N) is 2. The zero-order valence-corrected chi connectivity index (χ0v) is 20.5. The van der Waals surface area contributed by atoms with E-state index in [-0.39, 0.29) is 0 Å². The minimum atomic E-state index is -2.96. The molecule has 0 bridgehead atoms. The Labute approximate surface area is 173 Å². The van der Waals surface area contributed by atoms with Gasteiger partial charge in [-0.25, -0.2) is 0 Å². The zero-order chi connectivity index (χ0) is 18.8. The summed E-state index contributed by atoms with van der Waals surface area (Å²) in [7, 11) is 17.4. The molecular weight excluding hydrogens is 493 g/mol. The average Bonchev–Trinajstić information content (AvgIpc) is 2.64. The van der Waals surface area contributed by atoms with E-state index in [0.29, 0.717) is 0 Å². The van der Waals surface area contributed by atoms with Crippen LogP contribution >= 0.6 is 26.8 Å². The van der Waals surface area contributed by atoms with Crippen molar-refractivity contribution in [3.63, 3.8) is 0 Å². The number of fused-ring (bicyclic) bond motifs is 3. The van der Waals surface area contributed by atoms with Crippen LogP contribution in [0.5, 0.6) is 0 Å². The number of hydrogen-bond donors (Lipinski definition) is 0. The first kappa shape index (κ1) is 22.3. The second-order valence-electron chi connectivity index (χ2n) is 6.56. The maximum atomic E-state index is 5.81. The minimum absolute atomic E-state index is 0.780. The molecule has 0 radical (unpaired) electrons. The summed E-state index contributed by atoms with van der Waals surface area (Å²) >= 11 is -2.96. The molecule has 1 aromatic rings. The Morgan fingerprint density at radius 3 is 1.81 bits per heavy atom. The van der Waals surface area contributed by atoms with E-state index in [1.807, 2.05) is 0 Å². The van der Waals surface area contributed by atoms with Gasteiger partial charge in [0.05, 0.1) is 0 Å². The van der Waals surface area contributed by atoms with Crippen LogP contribution in [-0.4, -0.2) is 28.1 Å². The molecule has 0 aliphatic carbocycles. The molecule has 2 heterocycles. The standard InChI is InChI=1S/C12H10N2.C8H17.3ClH.Sn/c1-3-9-5-6-10-4-2-8-14-12(10)11(9)13-7-1;1-3-5-7-8-6-4-2;;;;/h1-6H,7-8H2;1,3-8H2,2H3;3*1H;/q-2;;;;;+3/p-3. The van der Waals surface area contributed by atoms with Gasteiger partial charge >= 0.3 is 91.6 Å². The SMILES string of the molecule is C1=Cc2ccc3c(c2[N-]C1)[N-]CC=C3.CCCCCCC[CH2][Sn]([Cl])([Cl])[Cl]. The fraction of sp³-hybridized carbons (Fsp3) is 0.500. The number of hydrogen-bond acceptors (Lipinski definition) is 0. The molecule has 6 heteroatoms. The van der Waals surface area contributed by atoms with Gasteiger partial charge in [-0.1, -0.05) is 24.3 Å². The van der Waals surface area contributed by atoms with Crippen LogP contribution in [0.25, 0.3) is 22.8 Å². The maximum absolute atomic E-state index is 5.81. The molecule has 2 nitrogen and oxygen atoms in total. The molecular formula is C20H27Cl3N2Sn-2. The zero-order valence-electron chi connectivity index (χ0n) is 15.4. The first-order chi connectivity index (χ1) is 12.5. The van der Waals surface area contributed by atoms with Crippen LogP contribution in [0.4, 0.5) is 11.4 Å². The molecule has 0 aromatic heterocycles. The fourth-order valence-corrected chi connectivity index (χ4v) is 7.51. The van der Waals surface area contributed by atoms with Crippen LogP contribution in [0.15, 0.2) is 24.3 Å². The van der Waals surface area contributed by atoms with Crippen LogP contribution in [0.2, 0.25) is 4.44 Å². The van der Waals surface area contributed by atoms with E-state index in [2.05, 4.69) is 54.0 Å². The van der Waals surface area contributed by atoms with Gasteiger partial charge in [0.15, 0.2) is 0 Å². The Balaban J connectivity index is 0.000000191. The molecule has 0 fully saturated rings. The van der Waals surface area contributed by atoms with Crippen LogP contribution in [-0.2, 0) is 0 Å². The van der Waals surface area contributed by atoms with Crippen molar-refractivity contribution >= 4 is 65.3 Å². The predicted octanol–water partition coefficient (Wildman–Crippen LogP) is 8.75. The summed E-state index contributed by atoms with van der Waals surface area (Å²) in [5.41, 5.74) is 4.51. The molecule has 0 saturated carbocycles. The summed E-state index contributed by atoms with van der Waals surface area (Å²) in [5, 5.41) is 8.98. The Kier molecular flexibility index (Phi) is 10.0. The van der Waals surface area contributed by atoms with Gasteiger partial charge in [-0.15, -0.1) is 36.6 Å². The summed E-state index contributed by atoms with van der Waals surface area (Å²) in [6.45, 7) is 3.78. The van der Waals surface area contributed by atoms with E-state index in [0.717, 1.165) is 35.3 Å². The molecule has 0 spiro atoms. The van der Waals surface area contributed by atoms with Crippen LogP contribution < -0.4 is 0 Å². The quantitative estimate of drug-likeness (QED) is 0.254. The topological polar surface area (TPSA) is 28.2 Å². The molecule has 0 N–H and O–H groups in total. The van der Waals surface area contributed by atoms with Gasteiger partial charge in [-0.3, -0.25) is 0 Å². The van der Waals surface area contributed by atoms with Crippen molar-refractivity contribution in [3.8, 4) is 0 Å². The predicted molar refractivity (Wildman–Crippen MR) is 122 cm³/mol. The molecule has 0 saturated heterocycles. The molecule has 1 aromatic carbocycles. The van der Waals surface area contributed by atoms with Crippen molar-refractivity contribution in [3.05, 3.63) is 46.0 Å². The van der Waals surface area contributed by atoms with Crippen molar-refractivity contribution in [2.45, 2.75) is 49.9 Å². The molecule has 0 unspecified atom stereocenters. The van der Waals surface area contributed by atoms with E-state index >= 15 is 0 Å². The Bertz CT molecular complexity index is 583. The van der Waals surface area contributed by atoms with Gasteiger partial charge in [-0.2, -0.15) is 0 Å². The third-order valence-corrected chi connectivity index (χ3v) is 10.8. The molecule has 0 amide bonds. The van der Waals surface area contributed by atoms with Crippen LogP contribution in [0.1, 0.15) is 56.6 Å². The van der Waals surface area contributed by atoms with Crippen molar-refractivity contribution in [2.75, 3.05) is 13.1 Å². The third kappa shape index (κ3) is 7.92. The van der Waals surface area contributed by atoms with Gasteiger partial charge < -0.3 is 10.6 Å². The number of halogens is 3. The van der Waals surface area contributed by atoms with E-state index in [9.17, 15) is 0 Å². The number of benzene rings is 1. The Morgan fingerprint density at radius 2 is 1.31 bits per heavy atom. The van der Waals surface area contributed by atoms with E-state index < -0.39 is 15.0 Å². The van der Waals surface area contributed by atoms with E-state index in [1.54, 1.807) is 0 Å². The van der Waals surface area contributed by atoms with Crippen molar-refractivity contribution in [2.24, 2.45) is 0 Å². The van der Waals surface area contributed by atoms with Crippen molar-refractivity contribution in [1.29, 1.82) is 0 Å². The Hall–Kier alpha value is -0.0313. The first-order valence-corrected chi connectivity index (χ1v) is 22.3. The second kappa shape index (κ2) is 11.7. The van der Waals surface area contributed by atoms with Gasteiger partial charge in [-0.05, 0) is 11.1 Å². The first-order valence-electron chi connectivity index (χ1n) is 9.43. The molecule has 26 heavy (non-hydrogen) atoms. The fourth-order valence-electron chi connectivity index (χ4n) is 2.97. The van der Waals surface area contributed by atoms with Crippen LogP contribution in [0.3, 0.4) is 0 Å². The van der Waals surface area contributed by atoms with E-state index in [1.165, 1.54) is 43.2 Å². The van der Waals surface area contributed by atoms with Gasteiger partial charge in [0, 0.05) is 0 Å². The average molecular weight is 521 g/mol. The second-order valence-corrected chi connectivity index (χ2v) is 28.4. The molecule has 0 atom stereocenters. The third-order valence-electron chi connectivity index (χ3n) is 4.33. The van der Waals surface area contributed by atoms with Gasteiger partial charge in [0.1, 0.15) is 0 Å². The molecule has 3 rings (SSSR count).